The molecule has 0 aromatic carbocycles. The predicted molar refractivity (Wildman–Crippen MR) is 66.6 cm³/mol. The topological polar surface area (TPSA) is 87.8 Å². The highest BCUT2D eigenvalue weighted by atomic mass is 16.5. The Bertz CT molecular complexity index is 413. The Hall–Kier alpha value is -1.44. The number of aliphatic hydroxyl groups is 1. The van der Waals surface area contributed by atoms with Crippen molar-refractivity contribution in [3.8, 4) is 0 Å². The zero-order valence-corrected chi connectivity index (χ0v) is 11.0. The van der Waals surface area contributed by atoms with Crippen molar-refractivity contribution in [1.82, 2.24) is 15.4 Å². The molecule has 0 radical (unpaired) electrons. The fraction of sp³-hybridized carbons (Fsp3) is 0.667. The van der Waals surface area contributed by atoms with Gasteiger partial charge in [-0.2, -0.15) is 0 Å². The molecule has 1 fully saturated rings. The van der Waals surface area contributed by atoms with E-state index in [-0.39, 0.29) is 18.1 Å². The molecule has 2 heterocycles. The van der Waals surface area contributed by atoms with Crippen LogP contribution in [0.1, 0.15) is 23.2 Å². The van der Waals surface area contributed by atoms with Crippen molar-refractivity contribution in [2.45, 2.75) is 19.6 Å². The minimum absolute atomic E-state index is 0.199. The smallest absolute Gasteiger partial charge is 0.273 e. The molecule has 1 atom stereocenters. The standard InChI is InChI=1S/C12H19N3O4/c1-9(16)7-13-12(17)11-6-10(19-14-11)8-15-2-4-18-5-3-15/h6,9,16H,2-5,7-8H2,1H3,(H,13,17). The summed E-state index contributed by atoms with van der Waals surface area (Å²) < 4.78 is 10.4. The predicted octanol–water partition coefficient (Wildman–Crippen LogP) is -0.383. The van der Waals surface area contributed by atoms with Crippen molar-refractivity contribution < 1.29 is 19.2 Å². The van der Waals surface area contributed by atoms with E-state index in [1.807, 2.05) is 0 Å². The Morgan fingerprint density at radius 1 is 1.58 bits per heavy atom. The van der Waals surface area contributed by atoms with Gasteiger partial charge in [0.05, 0.1) is 25.9 Å². The van der Waals surface area contributed by atoms with Gasteiger partial charge in [-0.15, -0.1) is 0 Å². The fourth-order valence-corrected chi connectivity index (χ4v) is 1.81. The van der Waals surface area contributed by atoms with Crippen LogP contribution < -0.4 is 5.32 Å². The normalized spacial score (nSPS) is 18.2. The maximum absolute atomic E-state index is 11.7. The Labute approximate surface area is 111 Å². The van der Waals surface area contributed by atoms with Gasteiger partial charge in [0.1, 0.15) is 0 Å². The van der Waals surface area contributed by atoms with Crippen LogP contribution in [0.2, 0.25) is 0 Å². The van der Waals surface area contributed by atoms with Crippen molar-refractivity contribution in [2.24, 2.45) is 0 Å². The number of nitrogens with one attached hydrogen (secondary N) is 1. The van der Waals surface area contributed by atoms with Gasteiger partial charge in [-0.3, -0.25) is 9.69 Å². The first-order valence-corrected chi connectivity index (χ1v) is 6.37. The highest BCUT2D eigenvalue weighted by Gasteiger charge is 2.16. The Kier molecular flexibility index (Phi) is 4.89. The molecule has 106 valence electrons. The lowest BCUT2D eigenvalue weighted by molar-refractivity contribution is 0.0305. The van der Waals surface area contributed by atoms with Crippen molar-refractivity contribution in [3.63, 3.8) is 0 Å². The van der Waals surface area contributed by atoms with Gasteiger partial charge in [-0.05, 0) is 6.92 Å². The molecule has 7 heteroatoms. The number of hydrogen-bond donors (Lipinski definition) is 2. The van der Waals surface area contributed by atoms with E-state index in [1.165, 1.54) is 0 Å². The summed E-state index contributed by atoms with van der Waals surface area (Å²) in [6, 6.07) is 1.63. The number of carbonyl (C=O) groups is 1. The van der Waals surface area contributed by atoms with E-state index in [1.54, 1.807) is 13.0 Å². The molecule has 19 heavy (non-hydrogen) atoms. The van der Waals surface area contributed by atoms with Gasteiger partial charge in [0.15, 0.2) is 11.5 Å². The van der Waals surface area contributed by atoms with Crippen LogP contribution in [-0.2, 0) is 11.3 Å². The summed E-state index contributed by atoms with van der Waals surface area (Å²) in [4.78, 5) is 13.9. The summed E-state index contributed by atoms with van der Waals surface area (Å²) in [5.74, 6) is 0.321. The molecule has 0 spiro atoms. The molecule has 1 unspecified atom stereocenters. The molecular formula is C12H19N3O4. The number of hydrogen-bond acceptors (Lipinski definition) is 6. The third kappa shape index (κ3) is 4.30. The highest BCUT2D eigenvalue weighted by Crippen LogP contribution is 2.09. The quantitative estimate of drug-likeness (QED) is 0.757. The van der Waals surface area contributed by atoms with Crippen LogP contribution in [0.5, 0.6) is 0 Å². The van der Waals surface area contributed by atoms with E-state index >= 15 is 0 Å². The van der Waals surface area contributed by atoms with E-state index in [0.29, 0.717) is 12.3 Å². The second-order valence-corrected chi connectivity index (χ2v) is 4.63. The summed E-state index contributed by atoms with van der Waals surface area (Å²) in [5, 5.41) is 15.4. The summed E-state index contributed by atoms with van der Waals surface area (Å²) in [5.41, 5.74) is 0.240. The molecule has 1 saturated heterocycles. The van der Waals surface area contributed by atoms with Crippen molar-refractivity contribution >= 4 is 5.91 Å². The summed E-state index contributed by atoms with van der Waals surface area (Å²) in [6.45, 7) is 5.57. The molecule has 1 aromatic heterocycles. The number of amides is 1. The Morgan fingerprint density at radius 2 is 2.32 bits per heavy atom. The molecule has 1 amide bonds. The van der Waals surface area contributed by atoms with Crippen LogP contribution in [-0.4, -0.2) is 60.0 Å². The third-order valence-corrected chi connectivity index (χ3v) is 2.83. The monoisotopic (exact) mass is 269 g/mol. The molecule has 0 saturated carbocycles. The number of carbonyl (C=O) groups excluding carboxylic acids is 1. The lowest BCUT2D eigenvalue weighted by Gasteiger charge is -2.25. The van der Waals surface area contributed by atoms with Crippen molar-refractivity contribution in [3.05, 3.63) is 17.5 Å². The van der Waals surface area contributed by atoms with Crippen LogP contribution in [0.4, 0.5) is 0 Å². The lowest BCUT2D eigenvalue weighted by Crippen LogP contribution is -2.35. The molecule has 1 aromatic rings. The van der Waals surface area contributed by atoms with Crippen LogP contribution in [0.25, 0.3) is 0 Å². The van der Waals surface area contributed by atoms with Crippen LogP contribution in [0, 0.1) is 0 Å². The molecule has 2 N–H and O–H groups in total. The minimum Gasteiger partial charge on any atom is -0.392 e. The summed E-state index contributed by atoms with van der Waals surface area (Å²) in [7, 11) is 0. The minimum atomic E-state index is -0.580. The maximum atomic E-state index is 11.7. The highest BCUT2D eigenvalue weighted by molar-refractivity contribution is 5.92. The van der Waals surface area contributed by atoms with Gasteiger partial charge < -0.3 is 19.7 Å². The number of aromatic nitrogens is 1. The molecule has 1 aliphatic rings. The van der Waals surface area contributed by atoms with Crippen LogP contribution in [0.15, 0.2) is 10.6 Å². The zero-order valence-electron chi connectivity index (χ0n) is 11.0. The van der Waals surface area contributed by atoms with Gasteiger partial charge in [0, 0.05) is 25.7 Å². The van der Waals surface area contributed by atoms with Gasteiger partial charge in [0.2, 0.25) is 0 Å². The van der Waals surface area contributed by atoms with Gasteiger partial charge >= 0.3 is 0 Å². The first-order chi connectivity index (χ1) is 9.15. The fourth-order valence-electron chi connectivity index (χ4n) is 1.81. The average Bonchev–Trinajstić information content (AvgIpc) is 2.85. The number of ether oxygens (including phenoxy) is 1. The Balaban J connectivity index is 1.85. The van der Waals surface area contributed by atoms with Crippen molar-refractivity contribution in [2.75, 3.05) is 32.8 Å². The molecule has 0 bridgehead atoms. The third-order valence-electron chi connectivity index (χ3n) is 2.83. The van der Waals surface area contributed by atoms with Gasteiger partial charge in [-0.1, -0.05) is 5.16 Å². The van der Waals surface area contributed by atoms with Crippen LogP contribution >= 0.6 is 0 Å². The van der Waals surface area contributed by atoms with E-state index in [0.717, 1.165) is 26.3 Å². The summed E-state index contributed by atoms with van der Waals surface area (Å²) in [6.07, 6.45) is -0.580. The van der Waals surface area contributed by atoms with Gasteiger partial charge in [-0.25, -0.2) is 0 Å². The number of aliphatic hydroxyl groups excluding tert-OH is 1. The number of morpholine rings is 1. The van der Waals surface area contributed by atoms with Crippen molar-refractivity contribution in [1.29, 1.82) is 0 Å². The van der Waals surface area contributed by atoms with E-state index in [9.17, 15) is 4.79 Å². The maximum Gasteiger partial charge on any atom is 0.273 e. The van der Waals surface area contributed by atoms with Crippen LogP contribution in [0.3, 0.4) is 0 Å². The molecule has 0 aliphatic carbocycles. The number of rotatable bonds is 5. The largest absolute Gasteiger partial charge is 0.392 e. The van der Waals surface area contributed by atoms with E-state index < -0.39 is 6.10 Å². The first-order valence-electron chi connectivity index (χ1n) is 6.37. The SMILES string of the molecule is CC(O)CNC(=O)c1cc(CN2CCOCC2)on1. The lowest BCUT2D eigenvalue weighted by atomic mass is 10.3. The summed E-state index contributed by atoms with van der Waals surface area (Å²) >= 11 is 0. The number of nitrogens with zero attached hydrogens (tertiary/aromatic N) is 2. The average molecular weight is 269 g/mol. The van der Waals surface area contributed by atoms with Gasteiger partial charge in [0.25, 0.3) is 5.91 Å². The first kappa shape index (κ1) is 14.0. The molecule has 7 nitrogen and oxygen atoms in total. The molecule has 2 rings (SSSR count). The molecular weight excluding hydrogens is 250 g/mol. The van der Waals surface area contributed by atoms with E-state index in [4.69, 9.17) is 14.4 Å². The second-order valence-electron chi connectivity index (χ2n) is 4.63. The zero-order chi connectivity index (χ0) is 13.7. The Morgan fingerprint density at radius 3 is 3.00 bits per heavy atom. The van der Waals surface area contributed by atoms with E-state index in [2.05, 4.69) is 15.4 Å². The second kappa shape index (κ2) is 6.65. The molecule has 1 aliphatic heterocycles.